The fraction of sp³-hybridized carbons (Fsp3) is 0.818. The van der Waals surface area contributed by atoms with E-state index in [4.69, 9.17) is 0 Å². The average molecular weight is 154 g/mol. The molecule has 0 aromatic heterocycles. The van der Waals surface area contributed by atoms with Crippen LogP contribution in [0.5, 0.6) is 0 Å². The molecule has 66 valence electrons. The number of hydrogen-bond acceptors (Lipinski definition) is 0. The summed E-state index contributed by atoms with van der Waals surface area (Å²) in [6, 6.07) is 0. The zero-order valence-corrected chi connectivity index (χ0v) is 7.94. The van der Waals surface area contributed by atoms with Gasteiger partial charge in [0.15, 0.2) is 0 Å². The SMILES string of the molecule is C=C.CCCCC1CCCC1. The van der Waals surface area contributed by atoms with E-state index in [1.54, 1.807) is 0 Å². The lowest BCUT2D eigenvalue weighted by atomic mass is 10.0. The second kappa shape index (κ2) is 7.84. The van der Waals surface area contributed by atoms with Crippen LogP contribution < -0.4 is 0 Å². The van der Waals surface area contributed by atoms with Crippen molar-refractivity contribution in [2.45, 2.75) is 51.9 Å². The van der Waals surface area contributed by atoms with E-state index in [2.05, 4.69) is 20.1 Å². The Morgan fingerprint density at radius 1 is 1.18 bits per heavy atom. The molecule has 0 heterocycles. The summed E-state index contributed by atoms with van der Waals surface area (Å²) in [7, 11) is 0. The Balaban J connectivity index is 0.000000461. The molecule has 1 saturated carbocycles. The lowest BCUT2D eigenvalue weighted by Gasteiger charge is -2.05. The number of rotatable bonds is 3. The fourth-order valence-corrected chi connectivity index (χ4v) is 1.79. The Bertz CT molecular complexity index is 70.1. The van der Waals surface area contributed by atoms with Gasteiger partial charge in [0, 0.05) is 0 Å². The van der Waals surface area contributed by atoms with Gasteiger partial charge in [-0.1, -0.05) is 51.9 Å². The largest absolute Gasteiger partial charge is 0.106 e. The Morgan fingerprint density at radius 2 is 1.73 bits per heavy atom. The first-order valence-electron chi connectivity index (χ1n) is 4.93. The van der Waals surface area contributed by atoms with Gasteiger partial charge in [-0.2, -0.15) is 0 Å². The van der Waals surface area contributed by atoms with Crippen LogP contribution in [0, 0.1) is 5.92 Å². The fourth-order valence-electron chi connectivity index (χ4n) is 1.79. The monoisotopic (exact) mass is 154 g/mol. The molecule has 0 bridgehead atoms. The third kappa shape index (κ3) is 5.06. The van der Waals surface area contributed by atoms with Gasteiger partial charge in [-0.25, -0.2) is 0 Å². The van der Waals surface area contributed by atoms with Crippen LogP contribution in [-0.2, 0) is 0 Å². The van der Waals surface area contributed by atoms with E-state index in [9.17, 15) is 0 Å². The molecule has 0 saturated heterocycles. The quantitative estimate of drug-likeness (QED) is 0.535. The van der Waals surface area contributed by atoms with E-state index in [1.807, 2.05) is 0 Å². The van der Waals surface area contributed by atoms with Crippen molar-refractivity contribution in [2.75, 3.05) is 0 Å². The second-order valence-corrected chi connectivity index (χ2v) is 3.29. The Labute approximate surface area is 71.7 Å². The van der Waals surface area contributed by atoms with Gasteiger partial charge in [0.05, 0.1) is 0 Å². The van der Waals surface area contributed by atoms with Crippen LogP contribution in [0.25, 0.3) is 0 Å². The summed E-state index contributed by atoms with van der Waals surface area (Å²) < 4.78 is 0. The molecule has 0 aromatic rings. The topological polar surface area (TPSA) is 0 Å². The Hall–Kier alpha value is -0.260. The molecule has 0 N–H and O–H groups in total. The smallest absolute Gasteiger partial charge is 0.0414 e. The van der Waals surface area contributed by atoms with Gasteiger partial charge >= 0.3 is 0 Å². The van der Waals surface area contributed by atoms with Gasteiger partial charge in [0.25, 0.3) is 0 Å². The predicted octanol–water partition coefficient (Wildman–Crippen LogP) is 4.17. The molecule has 0 heteroatoms. The minimum absolute atomic E-state index is 1.12. The molecule has 0 aromatic carbocycles. The maximum atomic E-state index is 3.00. The standard InChI is InChI=1S/C9H18.C2H4/c1-2-3-6-9-7-4-5-8-9;1-2/h9H,2-8H2,1H3;1-2H2. The first-order chi connectivity index (χ1) is 5.43. The van der Waals surface area contributed by atoms with E-state index < -0.39 is 0 Å². The molecular weight excluding hydrogens is 132 g/mol. The summed E-state index contributed by atoms with van der Waals surface area (Å²) in [5.41, 5.74) is 0. The molecule has 0 aliphatic heterocycles. The molecular formula is C11H22. The molecule has 0 nitrogen and oxygen atoms in total. The van der Waals surface area contributed by atoms with Crippen LogP contribution in [0.4, 0.5) is 0 Å². The van der Waals surface area contributed by atoms with Crippen LogP contribution in [-0.4, -0.2) is 0 Å². The number of hydrogen-bond donors (Lipinski definition) is 0. The highest BCUT2D eigenvalue weighted by molar-refractivity contribution is 4.66. The molecule has 1 aliphatic carbocycles. The van der Waals surface area contributed by atoms with Gasteiger partial charge in [0.2, 0.25) is 0 Å². The second-order valence-electron chi connectivity index (χ2n) is 3.29. The molecule has 0 amide bonds. The molecule has 11 heavy (non-hydrogen) atoms. The van der Waals surface area contributed by atoms with Crippen molar-refractivity contribution in [1.82, 2.24) is 0 Å². The van der Waals surface area contributed by atoms with E-state index in [1.165, 1.54) is 44.9 Å². The molecule has 1 aliphatic rings. The highest BCUT2D eigenvalue weighted by Gasteiger charge is 2.13. The van der Waals surface area contributed by atoms with Crippen molar-refractivity contribution in [2.24, 2.45) is 5.92 Å². The summed E-state index contributed by atoms with van der Waals surface area (Å²) in [5.74, 6) is 1.12. The molecule has 1 rings (SSSR count). The predicted molar refractivity (Wildman–Crippen MR) is 52.7 cm³/mol. The van der Waals surface area contributed by atoms with E-state index >= 15 is 0 Å². The Kier molecular flexibility index (Phi) is 7.66. The van der Waals surface area contributed by atoms with Crippen LogP contribution in [0.2, 0.25) is 0 Å². The van der Waals surface area contributed by atoms with Crippen molar-refractivity contribution < 1.29 is 0 Å². The minimum Gasteiger partial charge on any atom is -0.106 e. The zero-order chi connectivity index (χ0) is 8.53. The van der Waals surface area contributed by atoms with Crippen LogP contribution in [0.3, 0.4) is 0 Å². The van der Waals surface area contributed by atoms with Crippen molar-refractivity contribution in [3.05, 3.63) is 13.2 Å². The minimum atomic E-state index is 1.12. The van der Waals surface area contributed by atoms with Crippen molar-refractivity contribution in [3.8, 4) is 0 Å². The highest BCUT2D eigenvalue weighted by atomic mass is 14.2. The van der Waals surface area contributed by atoms with Gasteiger partial charge < -0.3 is 0 Å². The average Bonchev–Trinajstić information content (AvgIpc) is 2.57. The zero-order valence-electron chi connectivity index (χ0n) is 7.94. The highest BCUT2D eigenvalue weighted by Crippen LogP contribution is 2.28. The van der Waals surface area contributed by atoms with Gasteiger partial charge in [-0.3, -0.25) is 0 Å². The van der Waals surface area contributed by atoms with E-state index in [0.717, 1.165) is 5.92 Å². The summed E-state index contributed by atoms with van der Waals surface area (Å²) in [6.45, 7) is 8.29. The maximum absolute atomic E-state index is 3.00. The summed E-state index contributed by atoms with van der Waals surface area (Å²) in [5, 5.41) is 0. The first-order valence-corrected chi connectivity index (χ1v) is 4.93. The number of unbranched alkanes of at least 4 members (excludes halogenated alkanes) is 1. The van der Waals surface area contributed by atoms with Gasteiger partial charge in [0.1, 0.15) is 0 Å². The Morgan fingerprint density at radius 3 is 2.18 bits per heavy atom. The van der Waals surface area contributed by atoms with Crippen molar-refractivity contribution in [1.29, 1.82) is 0 Å². The molecule has 0 unspecified atom stereocenters. The third-order valence-corrected chi connectivity index (χ3v) is 2.44. The summed E-state index contributed by atoms with van der Waals surface area (Å²) >= 11 is 0. The first kappa shape index (κ1) is 10.7. The van der Waals surface area contributed by atoms with Crippen molar-refractivity contribution >= 4 is 0 Å². The van der Waals surface area contributed by atoms with Crippen molar-refractivity contribution in [3.63, 3.8) is 0 Å². The van der Waals surface area contributed by atoms with Crippen LogP contribution in [0.15, 0.2) is 13.2 Å². The lowest BCUT2D eigenvalue weighted by molar-refractivity contribution is 0.480. The van der Waals surface area contributed by atoms with Crippen LogP contribution in [0.1, 0.15) is 51.9 Å². The molecule has 1 fully saturated rings. The molecule has 0 radical (unpaired) electrons. The summed E-state index contributed by atoms with van der Waals surface area (Å²) in [4.78, 5) is 0. The van der Waals surface area contributed by atoms with Gasteiger partial charge in [-0.05, 0) is 5.92 Å². The lowest BCUT2D eigenvalue weighted by Crippen LogP contribution is -1.91. The van der Waals surface area contributed by atoms with E-state index in [0.29, 0.717) is 0 Å². The summed E-state index contributed by atoms with van der Waals surface area (Å²) in [6.07, 6.45) is 10.4. The molecule has 0 atom stereocenters. The third-order valence-electron chi connectivity index (χ3n) is 2.44. The molecule has 0 spiro atoms. The van der Waals surface area contributed by atoms with E-state index in [-0.39, 0.29) is 0 Å². The normalized spacial score (nSPS) is 17.5. The maximum Gasteiger partial charge on any atom is -0.0414 e. The van der Waals surface area contributed by atoms with Crippen LogP contribution >= 0.6 is 0 Å². The van der Waals surface area contributed by atoms with Gasteiger partial charge in [-0.15, -0.1) is 13.2 Å².